The second-order valence-electron chi connectivity index (χ2n) is 6.18. The summed E-state index contributed by atoms with van der Waals surface area (Å²) in [5, 5.41) is 2.99. The highest BCUT2D eigenvalue weighted by molar-refractivity contribution is 7.98. The summed E-state index contributed by atoms with van der Waals surface area (Å²) in [7, 11) is 0. The highest BCUT2D eigenvalue weighted by Gasteiger charge is 2.20. The molecule has 0 fully saturated rings. The smallest absolute Gasteiger partial charge is 0.322 e. The Labute approximate surface area is 172 Å². The molecule has 0 saturated carbocycles. The largest absolute Gasteiger partial charge is 0.351 e. The molecule has 0 aromatic heterocycles. The van der Waals surface area contributed by atoms with Gasteiger partial charge in [0.1, 0.15) is 0 Å². The van der Waals surface area contributed by atoms with Crippen molar-refractivity contribution in [2.75, 3.05) is 37.9 Å². The summed E-state index contributed by atoms with van der Waals surface area (Å²) < 4.78 is 11.3. The lowest BCUT2D eigenvalue weighted by atomic mass is 10.1. The Morgan fingerprint density at radius 1 is 1.04 bits per heavy atom. The molecule has 0 atom stereocenters. The van der Waals surface area contributed by atoms with Crippen LogP contribution in [0.4, 0.5) is 10.5 Å². The molecule has 2 rings (SSSR count). The van der Waals surface area contributed by atoms with Crippen molar-refractivity contribution < 1.29 is 14.3 Å². The molecule has 0 aliphatic heterocycles. The van der Waals surface area contributed by atoms with Gasteiger partial charge in [-0.3, -0.25) is 0 Å². The molecule has 2 amide bonds. The number of nitrogens with zero attached hydrogens (tertiary/aromatic N) is 1. The summed E-state index contributed by atoms with van der Waals surface area (Å²) >= 11 is 1.67. The van der Waals surface area contributed by atoms with E-state index in [9.17, 15) is 4.79 Å². The van der Waals surface area contributed by atoms with E-state index in [1.54, 1.807) is 16.7 Å². The molecule has 6 heteroatoms. The van der Waals surface area contributed by atoms with Crippen molar-refractivity contribution in [2.45, 2.75) is 31.5 Å². The fourth-order valence-electron chi connectivity index (χ4n) is 2.77. The number of benzene rings is 2. The Hall–Kier alpha value is -2.02. The van der Waals surface area contributed by atoms with Gasteiger partial charge < -0.3 is 19.7 Å². The molecule has 152 valence electrons. The third kappa shape index (κ3) is 7.54. The molecule has 0 radical (unpaired) electrons. The number of anilines is 1. The zero-order valence-corrected chi connectivity index (χ0v) is 17.7. The van der Waals surface area contributed by atoms with Crippen LogP contribution in [0.25, 0.3) is 0 Å². The number of carbonyl (C=O) groups is 1. The van der Waals surface area contributed by atoms with Gasteiger partial charge in [0.2, 0.25) is 0 Å². The van der Waals surface area contributed by atoms with Crippen LogP contribution in [0.15, 0.2) is 59.5 Å². The zero-order valence-electron chi connectivity index (χ0n) is 16.9. The molecule has 1 N–H and O–H groups in total. The first kappa shape index (κ1) is 22.3. The number of carbonyl (C=O) groups excluding carboxylic acids is 1. The van der Waals surface area contributed by atoms with Crippen molar-refractivity contribution in [2.24, 2.45) is 0 Å². The Morgan fingerprint density at radius 2 is 1.68 bits per heavy atom. The molecule has 0 bridgehead atoms. The average Bonchev–Trinajstić information content (AvgIpc) is 2.72. The molecule has 2 aromatic carbocycles. The van der Waals surface area contributed by atoms with Gasteiger partial charge in [-0.05, 0) is 56.4 Å². The minimum absolute atomic E-state index is 0.155. The Morgan fingerprint density at radius 3 is 2.25 bits per heavy atom. The summed E-state index contributed by atoms with van der Waals surface area (Å²) in [5.41, 5.74) is 1.96. The average molecular weight is 403 g/mol. The molecule has 5 nitrogen and oxygen atoms in total. The Kier molecular flexibility index (Phi) is 9.90. The number of hydrogen-bond donors (Lipinski definition) is 1. The van der Waals surface area contributed by atoms with Gasteiger partial charge in [-0.2, -0.15) is 0 Å². The zero-order chi connectivity index (χ0) is 20.2. The van der Waals surface area contributed by atoms with Crippen LogP contribution in [0, 0.1) is 0 Å². The van der Waals surface area contributed by atoms with E-state index < -0.39 is 6.29 Å². The molecule has 0 aliphatic rings. The van der Waals surface area contributed by atoms with E-state index >= 15 is 0 Å². The first-order chi connectivity index (χ1) is 13.7. The number of hydrogen-bond acceptors (Lipinski definition) is 4. The molecule has 0 unspecified atom stereocenters. The molecule has 0 spiro atoms. The highest BCUT2D eigenvalue weighted by atomic mass is 32.2. The van der Waals surface area contributed by atoms with Crippen molar-refractivity contribution in [1.29, 1.82) is 0 Å². The number of thioether (sulfide) groups is 1. The van der Waals surface area contributed by atoms with Crippen LogP contribution in [-0.4, -0.2) is 49.8 Å². The summed E-state index contributed by atoms with van der Waals surface area (Å²) in [6.45, 7) is 5.88. The van der Waals surface area contributed by atoms with Crippen LogP contribution in [-0.2, 0) is 15.9 Å². The first-order valence-electron chi connectivity index (χ1n) is 9.63. The fourth-order valence-corrected chi connectivity index (χ4v) is 3.17. The summed E-state index contributed by atoms with van der Waals surface area (Å²) in [6, 6.07) is 17.8. The van der Waals surface area contributed by atoms with E-state index in [4.69, 9.17) is 9.47 Å². The van der Waals surface area contributed by atoms with E-state index in [-0.39, 0.29) is 6.03 Å². The predicted octanol–water partition coefficient (Wildman–Crippen LogP) is 4.88. The van der Waals surface area contributed by atoms with Crippen LogP contribution in [0.2, 0.25) is 0 Å². The van der Waals surface area contributed by atoms with Gasteiger partial charge in [0.15, 0.2) is 6.29 Å². The SMILES string of the molecule is CCOC(CN(CCc1ccccc1)C(=O)Nc1ccc(SC)cc1)OCC. The van der Waals surface area contributed by atoms with Crippen LogP contribution in [0.3, 0.4) is 0 Å². The number of ether oxygens (including phenoxy) is 2. The molecule has 0 heterocycles. The third-order valence-electron chi connectivity index (χ3n) is 4.22. The normalized spacial score (nSPS) is 10.9. The lowest BCUT2D eigenvalue weighted by Gasteiger charge is -2.27. The van der Waals surface area contributed by atoms with Crippen LogP contribution in [0.5, 0.6) is 0 Å². The van der Waals surface area contributed by atoms with E-state index in [0.717, 1.165) is 17.0 Å². The molecule has 0 saturated heterocycles. The number of nitrogens with one attached hydrogen (secondary N) is 1. The summed E-state index contributed by atoms with van der Waals surface area (Å²) in [6.07, 6.45) is 2.36. The maximum absolute atomic E-state index is 12.9. The number of amides is 2. The van der Waals surface area contributed by atoms with Gasteiger partial charge in [-0.25, -0.2) is 4.79 Å². The molecular weight excluding hydrogens is 372 g/mol. The quantitative estimate of drug-likeness (QED) is 0.430. The van der Waals surface area contributed by atoms with Gasteiger partial charge >= 0.3 is 6.03 Å². The lowest BCUT2D eigenvalue weighted by Crippen LogP contribution is -2.43. The van der Waals surface area contributed by atoms with Gasteiger partial charge in [-0.15, -0.1) is 11.8 Å². The fraction of sp³-hybridized carbons (Fsp3) is 0.409. The van der Waals surface area contributed by atoms with Crippen molar-refractivity contribution >= 4 is 23.5 Å². The van der Waals surface area contributed by atoms with Crippen molar-refractivity contribution in [3.8, 4) is 0 Å². The Balaban J connectivity index is 2.06. The minimum Gasteiger partial charge on any atom is -0.351 e. The maximum atomic E-state index is 12.9. The van der Waals surface area contributed by atoms with Gasteiger partial charge in [0.25, 0.3) is 0 Å². The van der Waals surface area contributed by atoms with Crippen molar-refractivity contribution in [3.05, 3.63) is 60.2 Å². The molecule has 0 aliphatic carbocycles. The standard InChI is InChI=1S/C22H30N2O3S/c1-4-26-21(27-5-2)17-24(16-15-18-9-7-6-8-10-18)22(25)23-19-11-13-20(28-3)14-12-19/h6-14,21H,4-5,15-17H2,1-3H3,(H,23,25). The monoisotopic (exact) mass is 402 g/mol. The van der Waals surface area contributed by atoms with Gasteiger partial charge in [0.05, 0.1) is 6.54 Å². The maximum Gasteiger partial charge on any atom is 0.322 e. The van der Waals surface area contributed by atoms with E-state index in [1.807, 2.05) is 62.6 Å². The summed E-state index contributed by atoms with van der Waals surface area (Å²) in [5.74, 6) is 0. The van der Waals surface area contributed by atoms with Crippen molar-refractivity contribution in [3.63, 3.8) is 0 Å². The summed E-state index contributed by atoms with van der Waals surface area (Å²) in [4.78, 5) is 15.8. The second-order valence-corrected chi connectivity index (χ2v) is 7.06. The number of urea groups is 1. The highest BCUT2D eigenvalue weighted by Crippen LogP contribution is 2.18. The Bertz CT molecular complexity index is 689. The van der Waals surface area contributed by atoms with E-state index in [2.05, 4.69) is 17.4 Å². The second kappa shape index (κ2) is 12.4. The first-order valence-corrected chi connectivity index (χ1v) is 10.9. The van der Waals surface area contributed by atoms with E-state index in [1.165, 1.54) is 5.56 Å². The van der Waals surface area contributed by atoms with Crippen molar-refractivity contribution in [1.82, 2.24) is 4.90 Å². The molecular formula is C22H30N2O3S. The lowest BCUT2D eigenvalue weighted by molar-refractivity contribution is -0.142. The predicted molar refractivity (Wildman–Crippen MR) is 116 cm³/mol. The van der Waals surface area contributed by atoms with Gasteiger partial charge in [0, 0.05) is 30.3 Å². The van der Waals surface area contributed by atoms with Crippen LogP contribution < -0.4 is 5.32 Å². The van der Waals surface area contributed by atoms with Crippen LogP contribution >= 0.6 is 11.8 Å². The van der Waals surface area contributed by atoms with Crippen LogP contribution in [0.1, 0.15) is 19.4 Å². The minimum atomic E-state index is -0.435. The number of rotatable bonds is 11. The van der Waals surface area contributed by atoms with Gasteiger partial charge in [-0.1, -0.05) is 30.3 Å². The van der Waals surface area contributed by atoms with E-state index in [0.29, 0.717) is 26.3 Å². The topological polar surface area (TPSA) is 50.8 Å². The third-order valence-corrected chi connectivity index (χ3v) is 4.96. The molecule has 28 heavy (non-hydrogen) atoms. The molecule has 2 aromatic rings.